The summed E-state index contributed by atoms with van der Waals surface area (Å²) in [7, 11) is -4.89. The molecule has 15 heteroatoms. The smallest absolute Gasteiger partial charge is 0.371 e. The van der Waals surface area contributed by atoms with Gasteiger partial charge in [0.15, 0.2) is 6.29 Å². The molecule has 0 saturated carbocycles. The van der Waals surface area contributed by atoms with Crippen molar-refractivity contribution in [2.45, 2.75) is 49.1 Å². The summed E-state index contributed by atoms with van der Waals surface area (Å²) in [5.74, 6) is -2.35. The Morgan fingerprint density at radius 3 is 2.37 bits per heavy atom. The number of rotatable bonds is 6. The largest absolute Gasteiger partial charge is 0.475 e. The van der Waals surface area contributed by atoms with Gasteiger partial charge in [-0.25, -0.2) is 4.79 Å². The summed E-state index contributed by atoms with van der Waals surface area (Å²) >= 11 is 0. The van der Waals surface area contributed by atoms with Crippen molar-refractivity contribution in [2.75, 3.05) is 6.61 Å². The van der Waals surface area contributed by atoms with Crippen LogP contribution in [0.15, 0.2) is 11.8 Å². The number of aliphatic carboxylic acids is 1. The van der Waals surface area contributed by atoms with Crippen LogP contribution in [0.1, 0.15) is 0 Å². The van der Waals surface area contributed by atoms with E-state index in [4.69, 9.17) is 23.9 Å². The van der Waals surface area contributed by atoms with Crippen LogP contribution in [0.2, 0.25) is 0 Å². The summed E-state index contributed by atoms with van der Waals surface area (Å²) < 4.78 is 47.2. The number of aliphatic hydroxyl groups is 5. The molecule has 156 valence electrons. The van der Waals surface area contributed by atoms with Gasteiger partial charge in [0, 0.05) is 0 Å². The molecule has 0 unspecified atom stereocenters. The lowest BCUT2D eigenvalue weighted by atomic mass is 9.97. The molecule has 14 nitrogen and oxygen atoms in total. The predicted octanol–water partition coefficient (Wildman–Crippen LogP) is -4.75. The lowest BCUT2D eigenvalue weighted by molar-refractivity contribution is -0.306. The van der Waals surface area contributed by atoms with Gasteiger partial charge in [-0.05, 0) is 6.08 Å². The maximum atomic E-state index is 11.0. The van der Waals surface area contributed by atoms with Crippen molar-refractivity contribution < 1.29 is 62.6 Å². The molecule has 0 aromatic carbocycles. The second-order valence-electron chi connectivity index (χ2n) is 5.76. The van der Waals surface area contributed by atoms with Gasteiger partial charge in [0.25, 0.3) is 0 Å². The van der Waals surface area contributed by atoms with Crippen LogP contribution in [0.5, 0.6) is 0 Å². The fraction of sp³-hybridized carbons (Fsp3) is 0.750. The average Bonchev–Trinajstić information content (AvgIpc) is 2.56. The van der Waals surface area contributed by atoms with Crippen LogP contribution in [-0.4, -0.2) is 105 Å². The topological polar surface area (TPSA) is 233 Å². The molecular weight excluding hydrogens is 398 g/mol. The summed E-state index contributed by atoms with van der Waals surface area (Å²) in [5, 5.41) is 57.8. The van der Waals surface area contributed by atoms with Crippen molar-refractivity contribution in [3.63, 3.8) is 0 Å². The minimum Gasteiger partial charge on any atom is -0.475 e. The maximum Gasteiger partial charge on any atom is 0.371 e. The number of hydrogen-bond donors (Lipinski definition) is 8. The lowest BCUT2D eigenvalue weighted by Gasteiger charge is -2.44. The zero-order valence-electron chi connectivity index (χ0n) is 13.4. The zero-order chi connectivity index (χ0) is 20.5. The minimum atomic E-state index is -4.89. The van der Waals surface area contributed by atoms with Crippen molar-refractivity contribution in [1.82, 2.24) is 4.72 Å². The maximum absolute atomic E-state index is 11.0. The van der Waals surface area contributed by atoms with Gasteiger partial charge in [0.1, 0.15) is 36.6 Å². The number of carboxylic acids is 1. The molecule has 0 aliphatic carbocycles. The Balaban J connectivity index is 2.23. The summed E-state index contributed by atoms with van der Waals surface area (Å²) in [6.45, 7) is -0.843. The van der Waals surface area contributed by atoms with Crippen molar-refractivity contribution >= 4 is 16.3 Å². The molecule has 8 N–H and O–H groups in total. The van der Waals surface area contributed by atoms with Gasteiger partial charge in [-0.1, -0.05) is 0 Å². The number of hydrogen-bond acceptors (Lipinski definition) is 11. The summed E-state index contributed by atoms with van der Waals surface area (Å²) in [6.07, 6.45) is -11.7. The lowest BCUT2D eigenvalue weighted by Crippen LogP contribution is -2.65. The van der Waals surface area contributed by atoms with Gasteiger partial charge in [-0.2, -0.15) is 13.1 Å². The molecule has 2 aliphatic heterocycles. The van der Waals surface area contributed by atoms with Gasteiger partial charge in [0.05, 0.1) is 6.61 Å². The third-order valence-electron chi connectivity index (χ3n) is 3.85. The molecule has 0 bridgehead atoms. The molecule has 1 fully saturated rings. The van der Waals surface area contributed by atoms with Gasteiger partial charge in [-0.3, -0.25) is 4.55 Å². The normalized spacial score (nSPS) is 40.1. The number of ether oxygens (including phenoxy) is 3. The van der Waals surface area contributed by atoms with E-state index in [2.05, 4.69) is 0 Å². The Labute approximate surface area is 152 Å². The van der Waals surface area contributed by atoms with Crippen molar-refractivity contribution in [1.29, 1.82) is 0 Å². The highest BCUT2D eigenvalue weighted by Crippen LogP contribution is 2.28. The third-order valence-corrected chi connectivity index (χ3v) is 4.42. The summed E-state index contributed by atoms with van der Waals surface area (Å²) in [6, 6.07) is -1.84. The first-order valence-corrected chi connectivity index (χ1v) is 8.89. The molecule has 0 aromatic rings. The molecule has 2 heterocycles. The number of nitrogens with one attached hydrogen (secondary N) is 1. The molecule has 2 rings (SSSR count). The van der Waals surface area contributed by atoms with Crippen LogP contribution in [0.4, 0.5) is 0 Å². The van der Waals surface area contributed by atoms with Gasteiger partial charge >= 0.3 is 16.3 Å². The molecule has 2 aliphatic rings. The van der Waals surface area contributed by atoms with E-state index in [1.807, 2.05) is 0 Å². The first kappa shape index (κ1) is 21.9. The molecular formula is C12H19NO13S. The minimum absolute atomic E-state index is 0.705. The second kappa shape index (κ2) is 8.31. The fourth-order valence-electron chi connectivity index (χ4n) is 2.58. The van der Waals surface area contributed by atoms with E-state index in [-0.39, 0.29) is 0 Å². The van der Waals surface area contributed by atoms with Crippen molar-refractivity contribution in [2.24, 2.45) is 0 Å². The third kappa shape index (κ3) is 5.11. The molecule has 8 atom stereocenters. The zero-order valence-corrected chi connectivity index (χ0v) is 14.2. The Hall–Kier alpha value is -1.40. The van der Waals surface area contributed by atoms with Gasteiger partial charge < -0.3 is 44.8 Å². The van der Waals surface area contributed by atoms with Crippen LogP contribution in [-0.2, 0) is 29.3 Å². The van der Waals surface area contributed by atoms with Crippen LogP contribution in [0, 0.1) is 0 Å². The first-order valence-electron chi connectivity index (χ1n) is 7.45. The van der Waals surface area contributed by atoms with Gasteiger partial charge in [0.2, 0.25) is 12.0 Å². The van der Waals surface area contributed by atoms with E-state index < -0.39 is 77.8 Å². The van der Waals surface area contributed by atoms with Crippen LogP contribution < -0.4 is 4.72 Å². The molecule has 0 aromatic heterocycles. The Morgan fingerprint density at radius 2 is 1.85 bits per heavy atom. The van der Waals surface area contributed by atoms with E-state index in [9.17, 15) is 38.7 Å². The predicted molar refractivity (Wildman–Crippen MR) is 79.9 cm³/mol. The first-order chi connectivity index (χ1) is 12.4. The van der Waals surface area contributed by atoms with Crippen molar-refractivity contribution in [3.8, 4) is 0 Å². The van der Waals surface area contributed by atoms with Crippen LogP contribution in [0.25, 0.3) is 0 Å². The highest BCUT2D eigenvalue weighted by atomic mass is 32.2. The molecule has 1 saturated heterocycles. The average molecular weight is 417 g/mol. The van der Waals surface area contributed by atoms with E-state index in [1.54, 1.807) is 0 Å². The van der Waals surface area contributed by atoms with Crippen LogP contribution in [0.3, 0.4) is 0 Å². The molecule has 27 heavy (non-hydrogen) atoms. The fourth-order valence-corrected chi connectivity index (χ4v) is 3.18. The second-order valence-corrected chi connectivity index (χ2v) is 6.95. The van der Waals surface area contributed by atoms with Crippen LogP contribution >= 0.6 is 0 Å². The number of carbonyl (C=O) groups is 1. The Morgan fingerprint density at radius 1 is 1.22 bits per heavy atom. The number of carboxylic acid groups (broad SMARTS) is 1. The quantitative estimate of drug-likeness (QED) is 0.190. The van der Waals surface area contributed by atoms with E-state index >= 15 is 0 Å². The van der Waals surface area contributed by atoms with E-state index in [1.165, 1.54) is 4.72 Å². The monoisotopic (exact) mass is 417 g/mol. The van der Waals surface area contributed by atoms with E-state index in [0.29, 0.717) is 6.08 Å². The molecule has 0 spiro atoms. The standard InChI is InChI=1S/C12H19NO13S/c14-2-5-9(8(17)6(11(20)24-5)13-27(21,22)23)26-12-7(16)3(15)1-4(25-12)10(18)19/h1,3,5-9,11-17,20H,2H2,(H,18,19)(H,21,22,23)/t3-,5+,6+,7+,8+,9+,11-,12+/m0/s1. The number of aliphatic hydroxyl groups excluding tert-OH is 5. The van der Waals surface area contributed by atoms with Gasteiger partial charge in [-0.15, -0.1) is 0 Å². The molecule has 0 radical (unpaired) electrons. The SMILES string of the molecule is O=C(O)C1=C[C@H](O)[C@@H](O)[C@@H](O[C@H]2[C@H](O)[C@@H](NS(=O)(=O)O)[C@@H](O)O[C@@H]2CO)O1. The Bertz CT molecular complexity index is 681. The summed E-state index contributed by atoms with van der Waals surface area (Å²) in [5.41, 5.74) is 0. The highest BCUT2D eigenvalue weighted by Gasteiger charge is 2.49. The molecule has 0 amide bonds. The summed E-state index contributed by atoms with van der Waals surface area (Å²) in [4.78, 5) is 11.0. The van der Waals surface area contributed by atoms with Crippen molar-refractivity contribution in [3.05, 3.63) is 11.8 Å². The highest BCUT2D eigenvalue weighted by molar-refractivity contribution is 7.83. The van der Waals surface area contributed by atoms with E-state index in [0.717, 1.165) is 0 Å². The Kier molecular flexibility index (Phi) is 6.74.